The summed E-state index contributed by atoms with van der Waals surface area (Å²) in [5.74, 6) is -0.00269. The third kappa shape index (κ3) is 6.24. The van der Waals surface area contributed by atoms with Gasteiger partial charge in [-0.1, -0.05) is 0 Å². The van der Waals surface area contributed by atoms with E-state index in [1.54, 1.807) is 19.2 Å². The van der Waals surface area contributed by atoms with E-state index in [1.807, 2.05) is 0 Å². The van der Waals surface area contributed by atoms with E-state index in [0.717, 1.165) is 0 Å². The van der Waals surface area contributed by atoms with Crippen LogP contribution in [0, 0.1) is 12.8 Å². The standard InChI is InChI=1S/C21H32N8O11P2/c1-9-23-3-2-14(25-9)26-11-4-10-6-36-42(34,35)40-17-16(30)13(7-37-41(32,33)39-12(10)5-11)38-20(17)29-8-24-15-18(29)27-21(22)28-19(15)31/h2-3,8,10-13,15-18,20-21,27,30H,4-7,22H2,1H3,(H,28,31)(H,32,33)(H,34,35)(H,23,25,26)/t10-,11-,12+,13-,15?,16-,17-,18?,20-,21?/m1/s1. The van der Waals surface area contributed by atoms with Gasteiger partial charge in [-0.25, -0.2) is 19.1 Å². The first-order valence-electron chi connectivity index (χ1n) is 13.2. The minimum atomic E-state index is -4.85. The molecule has 1 aliphatic carbocycles. The lowest BCUT2D eigenvalue weighted by molar-refractivity contribution is -0.130. The van der Waals surface area contributed by atoms with Gasteiger partial charge < -0.3 is 35.2 Å². The number of nitrogens with zero attached hydrogens (tertiary/aromatic N) is 4. The molecular weight excluding hydrogens is 602 g/mol. The van der Waals surface area contributed by atoms with Crippen LogP contribution in [0.3, 0.4) is 0 Å². The number of fused-ring (bicyclic) bond motifs is 4. The van der Waals surface area contributed by atoms with Crippen molar-refractivity contribution >= 4 is 33.7 Å². The summed E-state index contributed by atoms with van der Waals surface area (Å²) in [7, 11) is -9.56. The molecule has 1 amide bonds. The summed E-state index contributed by atoms with van der Waals surface area (Å²) in [6, 6.07) is 0.453. The third-order valence-corrected chi connectivity index (χ3v) is 9.64. The van der Waals surface area contributed by atoms with E-state index >= 15 is 0 Å². The molecule has 4 fully saturated rings. The highest BCUT2D eigenvalue weighted by Crippen LogP contribution is 2.53. The van der Waals surface area contributed by atoms with Gasteiger partial charge in [-0.15, -0.1) is 0 Å². The minimum absolute atomic E-state index is 0.231. The smallest absolute Gasteiger partial charge is 0.387 e. The van der Waals surface area contributed by atoms with Crippen molar-refractivity contribution in [2.24, 2.45) is 16.6 Å². The summed E-state index contributed by atoms with van der Waals surface area (Å²) in [6.07, 6.45) is -5.02. The number of aliphatic imine (C=N–C) groups is 1. The number of hydrogen-bond donors (Lipinski definition) is 7. The Morgan fingerprint density at radius 2 is 1.90 bits per heavy atom. The Kier molecular flexibility index (Phi) is 8.14. The molecule has 42 heavy (non-hydrogen) atoms. The molecular formula is C21H32N8O11P2. The van der Waals surface area contributed by atoms with Gasteiger partial charge in [0.25, 0.3) is 5.91 Å². The Labute approximate surface area is 239 Å². The zero-order chi connectivity index (χ0) is 29.8. The molecule has 19 nitrogen and oxygen atoms in total. The molecule has 2 bridgehead atoms. The number of ether oxygens (including phenoxy) is 1. The quantitative estimate of drug-likeness (QED) is 0.179. The van der Waals surface area contributed by atoms with E-state index in [-0.39, 0.29) is 19.1 Å². The average Bonchev–Trinajstić information content (AvgIpc) is 3.57. The molecule has 0 aromatic carbocycles. The average molecular weight is 634 g/mol. The highest BCUT2D eigenvalue weighted by molar-refractivity contribution is 7.47. The van der Waals surface area contributed by atoms with E-state index < -0.39 is 83.2 Å². The van der Waals surface area contributed by atoms with Gasteiger partial charge >= 0.3 is 15.6 Å². The Bertz CT molecular complexity index is 1330. The van der Waals surface area contributed by atoms with E-state index in [1.165, 1.54) is 11.2 Å². The first-order valence-corrected chi connectivity index (χ1v) is 16.2. The fourth-order valence-electron chi connectivity index (χ4n) is 5.75. The van der Waals surface area contributed by atoms with Crippen molar-refractivity contribution in [2.45, 2.75) is 74.9 Å². The molecule has 0 spiro atoms. The second-order valence-corrected chi connectivity index (χ2v) is 13.4. The lowest BCUT2D eigenvalue weighted by atomic mass is 10.1. The maximum atomic E-state index is 13.1. The molecule has 5 aliphatic rings. The van der Waals surface area contributed by atoms with Gasteiger partial charge in [0.05, 0.1) is 25.7 Å². The van der Waals surface area contributed by atoms with Crippen LogP contribution in [-0.2, 0) is 36.8 Å². The minimum Gasteiger partial charge on any atom is -0.387 e. The SMILES string of the molecule is Cc1nccc(N[C@@H]2C[C@@H]3COP(=O)(O)O[C@@H]4[C@H](O)[C@@H](COP(=O)(O)O[C@H]3C2)O[C@H]4N2C=NC3C(=O)NC(N)NC32)n1. The van der Waals surface area contributed by atoms with Gasteiger partial charge in [-0.05, 0) is 25.8 Å². The van der Waals surface area contributed by atoms with Crippen molar-refractivity contribution in [2.75, 3.05) is 18.5 Å². The molecule has 0 radical (unpaired) electrons. The molecule has 232 valence electrons. The number of aromatic nitrogens is 2. The number of phosphoric ester groups is 2. The topological polar surface area (TPSA) is 262 Å². The van der Waals surface area contributed by atoms with Crippen LogP contribution in [0.25, 0.3) is 0 Å². The molecule has 21 heteroatoms. The lowest BCUT2D eigenvalue weighted by Crippen LogP contribution is -2.70. The van der Waals surface area contributed by atoms with Crippen LogP contribution >= 0.6 is 15.6 Å². The predicted octanol–water partition coefficient (Wildman–Crippen LogP) is -1.92. The van der Waals surface area contributed by atoms with Crippen molar-refractivity contribution in [1.82, 2.24) is 25.5 Å². The molecule has 6 rings (SSSR count). The first-order chi connectivity index (χ1) is 19.9. The number of anilines is 1. The van der Waals surface area contributed by atoms with Crippen LogP contribution in [0.4, 0.5) is 5.82 Å². The van der Waals surface area contributed by atoms with Crippen LogP contribution in [0.2, 0.25) is 0 Å². The number of phosphoric acid groups is 2. The largest absolute Gasteiger partial charge is 0.472 e. The summed E-state index contributed by atoms with van der Waals surface area (Å²) < 4.78 is 53.4. The number of hydrogen-bond acceptors (Lipinski definition) is 16. The van der Waals surface area contributed by atoms with Crippen molar-refractivity contribution in [3.8, 4) is 0 Å². The van der Waals surface area contributed by atoms with Crippen molar-refractivity contribution in [1.29, 1.82) is 0 Å². The second kappa shape index (κ2) is 11.4. The van der Waals surface area contributed by atoms with Crippen molar-refractivity contribution in [3.05, 3.63) is 18.1 Å². The highest BCUT2D eigenvalue weighted by Gasteiger charge is 2.55. The summed E-state index contributed by atoms with van der Waals surface area (Å²) in [4.78, 5) is 47.5. The van der Waals surface area contributed by atoms with Crippen LogP contribution in [-0.4, -0.2) is 110 Å². The molecule has 5 unspecified atom stereocenters. The van der Waals surface area contributed by atoms with Crippen LogP contribution in [0.1, 0.15) is 18.7 Å². The molecule has 3 saturated heterocycles. The fraction of sp³-hybridized carbons (Fsp3) is 0.714. The zero-order valence-electron chi connectivity index (χ0n) is 22.2. The zero-order valence-corrected chi connectivity index (χ0v) is 24.0. The summed E-state index contributed by atoms with van der Waals surface area (Å²) >= 11 is 0. The summed E-state index contributed by atoms with van der Waals surface area (Å²) in [5, 5.41) is 19.6. The fourth-order valence-corrected chi connectivity index (χ4v) is 7.72. The van der Waals surface area contributed by atoms with Gasteiger partial charge in [0.2, 0.25) is 0 Å². The van der Waals surface area contributed by atoms with Gasteiger partial charge in [0, 0.05) is 18.2 Å². The maximum absolute atomic E-state index is 13.1. The van der Waals surface area contributed by atoms with Crippen molar-refractivity contribution < 1.29 is 51.6 Å². The number of aryl methyl sites for hydroxylation is 1. The third-order valence-electron chi connectivity index (χ3n) is 7.64. The Morgan fingerprint density at radius 3 is 2.69 bits per heavy atom. The Hall–Kier alpha value is -2.12. The number of nitrogens with one attached hydrogen (secondary N) is 3. The first kappa shape index (κ1) is 29.9. The number of amides is 1. The van der Waals surface area contributed by atoms with Crippen LogP contribution in [0.15, 0.2) is 17.3 Å². The van der Waals surface area contributed by atoms with E-state index in [2.05, 4.69) is 30.9 Å². The molecule has 8 N–H and O–H groups in total. The van der Waals surface area contributed by atoms with Gasteiger partial charge in [-0.3, -0.25) is 38.9 Å². The number of carbonyl (C=O) groups excluding carboxylic acids is 1. The summed E-state index contributed by atoms with van der Waals surface area (Å²) in [6.45, 7) is 0.715. The number of rotatable bonds is 3. The van der Waals surface area contributed by atoms with E-state index in [0.29, 0.717) is 18.1 Å². The van der Waals surface area contributed by atoms with E-state index in [4.69, 9.17) is 28.6 Å². The Balaban J connectivity index is 1.21. The van der Waals surface area contributed by atoms with Gasteiger partial charge in [0.15, 0.2) is 12.3 Å². The lowest BCUT2D eigenvalue weighted by Gasteiger charge is -2.39. The van der Waals surface area contributed by atoms with Crippen LogP contribution in [0.5, 0.6) is 0 Å². The number of nitrogens with two attached hydrogens (primary N) is 1. The second-order valence-electron chi connectivity index (χ2n) is 10.6. The summed E-state index contributed by atoms with van der Waals surface area (Å²) in [5.41, 5.74) is 5.84. The van der Waals surface area contributed by atoms with Crippen LogP contribution < -0.4 is 21.7 Å². The predicted molar refractivity (Wildman–Crippen MR) is 140 cm³/mol. The molecule has 1 aromatic rings. The Morgan fingerprint density at radius 1 is 1.14 bits per heavy atom. The molecule has 1 saturated carbocycles. The number of aliphatic hydroxyl groups is 1. The van der Waals surface area contributed by atoms with E-state index in [9.17, 15) is 28.8 Å². The highest BCUT2D eigenvalue weighted by atomic mass is 31.2. The molecule has 4 aliphatic heterocycles. The number of aliphatic hydroxyl groups excluding tert-OH is 1. The maximum Gasteiger partial charge on any atom is 0.472 e. The molecule has 12 atom stereocenters. The van der Waals surface area contributed by atoms with Gasteiger partial charge in [0.1, 0.15) is 42.4 Å². The molecule has 5 heterocycles. The number of carbonyl (C=O) groups is 1. The van der Waals surface area contributed by atoms with Gasteiger partial charge in [-0.2, -0.15) is 0 Å². The normalized spacial score (nSPS) is 45.7. The monoisotopic (exact) mass is 634 g/mol. The van der Waals surface area contributed by atoms with Crippen molar-refractivity contribution in [3.63, 3.8) is 0 Å². The molecule has 1 aromatic heterocycles.